The molecule has 4 nitrogen and oxygen atoms in total. The number of carbonyl (C=O) groups excluding carboxylic acids is 2. The lowest BCUT2D eigenvalue weighted by Crippen LogP contribution is -2.31. The smallest absolute Gasteiger partial charge is 0.258 e. The van der Waals surface area contributed by atoms with Crippen molar-refractivity contribution in [2.24, 2.45) is 0 Å². The van der Waals surface area contributed by atoms with E-state index in [4.69, 9.17) is 4.74 Å². The van der Waals surface area contributed by atoms with Gasteiger partial charge in [-0.05, 0) is 54.5 Å². The Kier molecular flexibility index (Phi) is 5.64. The summed E-state index contributed by atoms with van der Waals surface area (Å²) in [6.07, 6.45) is 1.50. The topological polar surface area (TPSA) is 55.4 Å². The summed E-state index contributed by atoms with van der Waals surface area (Å²) in [5.41, 5.74) is 5.14. The molecule has 142 valence electrons. The molecule has 2 unspecified atom stereocenters. The molecule has 0 spiro atoms. The first-order valence-electron chi connectivity index (χ1n) is 9.58. The van der Waals surface area contributed by atoms with Crippen LogP contribution in [0.15, 0.2) is 36.4 Å². The van der Waals surface area contributed by atoms with Crippen molar-refractivity contribution < 1.29 is 14.3 Å². The maximum absolute atomic E-state index is 12.3. The Morgan fingerprint density at radius 3 is 2.59 bits per heavy atom. The van der Waals surface area contributed by atoms with E-state index in [0.29, 0.717) is 17.7 Å². The van der Waals surface area contributed by atoms with Crippen molar-refractivity contribution in [2.75, 3.05) is 6.61 Å². The third kappa shape index (κ3) is 4.05. The molecule has 0 aromatic heterocycles. The lowest BCUT2D eigenvalue weighted by atomic mass is 9.97. The molecule has 2 aromatic carbocycles. The molecule has 0 radical (unpaired) electrons. The van der Waals surface area contributed by atoms with Gasteiger partial charge in [-0.2, -0.15) is 0 Å². The second kappa shape index (κ2) is 7.95. The highest BCUT2D eigenvalue weighted by Gasteiger charge is 2.31. The first-order chi connectivity index (χ1) is 12.9. The third-order valence-electron chi connectivity index (χ3n) is 5.31. The molecule has 1 amide bonds. The maximum Gasteiger partial charge on any atom is 0.258 e. The van der Waals surface area contributed by atoms with Crippen molar-refractivity contribution in [3.05, 3.63) is 64.2 Å². The molecule has 0 heterocycles. The van der Waals surface area contributed by atoms with E-state index in [9.17, 15) is 9.59 Å². The molecule has 1 aliphatic rings. The Bertz CT molecular complexity index is 855. The molecular formula is C23H27NO3. The summed E-state index contributed by atoms with van der Waals surface area (Å²) in [7, 11) is 0. The van der Waals surface area contributed by atoms with Crippen molar-refractivity contribution in [1.29, 1.82) is 0 Å². The number of ketones is 1. The van der Waals surface area contributed by atoms with E-state index in [1.165, 1.54) is 5.56 Å². The minimum atomic E-state index is -0.199. The summed E-state index contributed by atoms with van der Waals surface area (Å²) < 4.78 is 5.72. The van der Waals surface area contributed by atoms with Gasteiger partial charge in [0.05, 0.1) is 11.6 Å². The molecule has 0 saturated heterocycles. The first kappa shape index (κ1) is 19.2. The number of Topliss-reactive ketones (excluding diaryl/α,β-unsaturated/α-hetero) is 1. The van der Waals surface area contributed by atoms with Crippen LogP contribution >= 0.6 is 0 Å². The number of carbonyl (C=O) groups is 2. The van der Waals surface area contributed by atoms with Gasteiger partial charge in [0.15, 0.2) is 12.4 Å². The molecule has 0 aliphatic heterocycles. The monoisotopic (exact) mass is 365 g/mol. The van der Waals surface area contributed by atoms with Crippen LogP contribution < -0.4 is 10.1 Å². The Balaban J connectivity index is 1.64. The van der Waals surface area contributed by atoms with Gasteiger partial charge in [0.1, 0.15) is 5.75 Å². The fourth-order valence-electron chi connectivity index (χ4n) is 3.78. The molecule has 1 N–H and O–H groups in total. The number of ether oxygens (including phenoxy) is 1. The van der Waals surface area contributed by atoms with Crippen molar-refractivity contribution in [2.45, 2.75) is 52.5 Å². The number of nitrogens with one attached hydrogen (secondary N) is 1. The standard InChI is InChI=1S/C23H27NO3/c1-5-17-7-9-18(10-8-17)16(4)24-21(26)13-27-20-11-6-14(2)22-15(3)12-19(25)23(20)22/h6-11,15-16H,5,12-13H2,1-4H3,(H,24,26). The second-order valence-electron chi connectivity index (χ2n) is 7.37. The van der Waals surface area contributed by atoms with Gasteiger partial charge in [-0.1, -0.05) is 44.2 Å². The van der Waals surface area contributed by atoms with Crippen LogP contribution in [0.5, 0.6) is 5.75 Å². The summed E-state index contributed by atoms with van der Waals surface area (Å²) in [6.45, 7) is 8.03. The number of aryl methyl sites for hydroxylation is 2. The molecule has 0 saturated carbocycles. The summed E-state index contributed by atoms with van der Waals surface area (Å²) in [5.74, 6) is 0.618. The fraction of sp³-hybridized carbons (Fsp3) is 0.391. The van der Waals surface area contributed by atoms with Crippen LogP contribution in [0.4, 0.5) is 0 Å². The highest BCUT2D eigenvalue weighted by Crippen LogP contribution is 2.40. The van der Waals surface area contributed by atoms with Crippen molar-refractivity contribution in [3.8, 4) is 5.75 Å². The molecule has 4 heteroatoms. The fourth-order valence-corrected chi connectivity index (χ4v) is 3.78. The number of hydrogen-bond acceptors (Lipinski definition) is 3. The number of benzene rings is 2. The zero-order chi connectivity index (χ0) is 19.6. The Hall–Kier alpha value is -2.62. The Morgan fingerprint density at radius 1 is 1.22 bits per heavy atom. The van der Waals surface area contributed by atoms with E-state index >= 15 is 0 Å². The van der Waals surface area contributed by atoms with Crippen molar-refractivity contribution in [1.82, 2.24) is 5.32 Å². The van der Waals surface area contributed by atoms with Crippen LogP contribution in [0, 0.1) is 6.92 Å². The number of fused-ring (bicyclic) bond motifs is 1. The van der Waals surface area contributed by atoms with Crippen LogP contribution in [-0.4, -0.2) is 18.3 Å². The summed E-state index contributed by atoms with van der Waals surface area (Å²) in [5, 5.41) is 2.95. The van der Waals surface area contributed by atoms with Crippen molar-refractivity contribution in [3.63, 3.8) is 0 Å². The van der Waals surface area contributed by atoms with Crippen LogP contribution in [-0.2, 0) is 11.2 Å². The van der Waals surface area contributed by atoms with Gasteiger partial charge in [0, 0.05) is 6.42 Å². The van der Waals surface area contributed by atoms with Gasteiger partial charge >= 0.3 is 0 Å². The molecule has 2 aromatic rings. The van der Waals surface area contributed by atoms with E-state index in [1.807, 2.05) is 32.0 Å². The Morgan fingerprint density at radius 2 is 1.93 bits per heavy atom. The van der Waals surface area contributed by atoms with E-state index in [-0.39, 0.29) is 30.3 Å². The third-order valence-corrected chi connectivity index (χ3v) is 5.31. The zero-order valence-corrected chi connectivity index (χ0v) is 16.5. The van der Waals surface area contributed by atoms with Gasteiger partial charge < -0.3 is 10.1 Å². The summed E-state index contributed by atoms with van der Waals surface area (Å²) in [4.78, 5) is 24.6. The summed E-state index contributed by atoms with van der Waals surface area (Å²) in [6, 6.07) is 11.9. The van der Waals surface area contributed by atoms with Gasteiger partial charge in [-0.15, -0.1) is 0 Å². The predicted molar refractivity (Wildman–Crippen MR) is 106 cm³/mol. The number of hydrogen-bond donors (Lipinski definition) is 1. The van der Waals surface area contributed by atoms with Crippen molar-refractivity contribution >= 4 is 11.7 Å². The molecule has 0 fully saturated rings. The number of rotatable bonds is 6. The largest absolute Gasteiger partial charge is 0.483 e. The Labute approximate surface area is 160 Å². The van der Waals surface area contributed by atoms with Crippen LogP contribution in [0.3, 0.4) is 0 Å². The quantitative estimate of drug-likeness (QED) is 0.820. The maximum atomic E-state index is 12.3. The molecule has 3 rings (SSSR count). The van der Waals surface area contributed by atoms with E-state index in [2.05, 4.69) is 31.3 Å². The van der Waals surface area contributed by atoms with Gasteiger partial charge in [0.25, 0.3) is 5.91 Å². The minimum absolute atomic E-state index is 0.0981. The molecular weight excluding hydrogens is 338 g/mol. The molecule has 2 atom stereocenters. The average molecular weight is 365 g/mol. The highest BCUT2D eigenvalue weighted by atomic mass is 16.5. The zero-order valence-electron chi connectivity index (χ0n) is 16.5. The van der Waals surface area contributed by atoms with Gasteiger partial charge in [0.2, 0.25) is 0 Å². The van der Waals surface area contributed by atoms with E-state index in [0.717, 1.165) is 23.1 Å². The van der Waals surface area contributed by atoms with Crippen LogP contribution in [0.1, 0.15) is 71.8 Å². The average Bonchev–Trinajstić information content (AvgIpc) is 2.96. The van der Waals surface area contributed by atoms with Crippen LogP contribution in [0.2, 0.25) is 0 Å². The molecule has 0 bridgehead atoms. The summed E-state index contributed by atoms with van der Waals surface area (Å²) >= 11 is 0. The predicted octanol–water partition coefficient (Wildman–Crippen LogP) is 4.50. The van der Waals surface area contributed by atoms with Crippen LogP contribution in [0.25, 0.3) is 0 Å². The highest BCUT2D eigenvalue weighted by molar-refractivity contribution is 6.04. The number of amides is 1. The molecule has 27 heavy (non-hydrogen) atoms. The lowest BCUT2D eigenvalue weighted by Gasteiger charge is -2.16. The lowest BCUT2D eigenvalue weighted by molar-refractivity contribution is -0.123. The van der Waals surface area contributed by atoms with Gasteiger partial charge in [-0.3, -0.25) is 9.59 Å². The SMILES string of the molecule is CCc1ccc(C(C)NC(=O)COc2ccc(C)c3c2C(=O)CC3C)cc1. The molecule has 1 aliphatic carbocycles. The second-order valence-corrected chi connectivity index (χ2v) is 7.37. The minimum Gasteiger partial charge on any atom is -0.483 e. The van der Waals surface area contributed by atoms with E-state index < -0.39 is 0 Å². The first-order valence-corrected chi connectivity index (χ1v) is 9.58. The van der Waals surface area contributed by atoms with E-state index in [1.54, 1.807) is 6.07 Å². The normalized spacial score (nSPS) is 16.7. The van der Waals surface area contributed by atoms with Gasteiger partial charge in [-0.25, -0.2) is 0 Å².